The molecule has 3 heterocycles. The first-order chi connectivity index (χ1) is 26.3. The van der Waals surface area contributed by atoms with Gasteiger partial charge in [0, 0.05) is 11.4 Å². The van der Waals surface area contributed by atoms with E-state index in [-0.39, 0.29) is 13.4 Å². The lowest BCUT2D eigenvalue weighted by Crippen LogP contribution is -2.62. The van der Waals surface area contributed by atoms with Crippen molar-refractivity contribution in [3.05, 3.63) is 167 Å². The van der Waals surface area contributed by atoms with E-state index in [0.29, 0.717) is 0 Å². The van der Waals surface area contributed by atoms with E-state index in [1.807, 2.05) is 0 Å². The number of hydrogen-bond acceptors (Lipinski definition) is 2. The van der Waals surface area contributed by atoms with E-state index in [4.69, 9.17) is 0 Å². The fraction of sp³-hybridized carbons (Fsp3) is 0.120. The topological polar surface area (TPSA) is 6.48 Å². The number of hydrogen-bond donors (Lipinski definition) is 0. The third-order valence-corrected chi connectivity index (χ3v) is 12.6. The molecule has 3 aliphatic rings. The summed E-state index contributed by atoms with van der Waals surface area (Å²) in [6, 6.07) is 51.1. The van der Waals surface area contributed by atoms with E-state index in [9.17, 15) is 0 Å². The zero-order valence-corrected chi connectivity index (χ0v) is 31.8. The lowest BCUT2D eigenvalue weighted by atomic mass is 9.32. The van der Waals surface area contributed by atoms with Gasteiger partial charge in [-0.15, -0.1) is 0 Å². The van der Waals surface area contributed by atoms with Crippen LogP contribution in [0.2, 0.25) is 0 Å². The van der Waals surface area contributed by atoms with E-state index >= 15 is 0 Å². The molecule has 0 aromatic heterocycles. The average molecular weight is 691 g/mol. The molecule has 0 spiro atoms. The minimum absolute atomic E-state index is 0.0741. The van der Waals surface area contributed by atoms with Crippen LogP contribution in [0.15, 0.2) is 133 Å². The Bertz CT molecular complexity index is 2700. The van der Waals surface area contributed by atoms with Gasteiger partial charge in [-0.3, -0.25) is 0 Å². The predicted molar refractivity (Wildman–Crippen MR) is 235 cm³/mol. The van der Waals surface area contributed by atoms with Gasteiger partial charge in [-0.05, 0) is 109 Å². The average Bonchev–Trinajstić information content (AvgIpc) is 3.16. The number of aryl methyl sites for hydroxylation is 6. The molecular weight excluding hydrogens is 650 g/mol. The van der Waals surface area contributed by atoms with Crippen molar-refractivity contribution >= 4 is 102 Å². The lowest BCUT2D eigenvalue weighted by molar-refractivity contribution is 1.19. The molecule has 0 bridgehead atoms. The highest BCUT2D eigenvalue weighted by atomic mass is 15.3. The first kappa shape index (κ1) is 31.5. The van der Waals surface area contributed by atoms with Gasteiger partial charge in [0.15, 0.2) is 0 Å². The van der Waals surface area contributed by atoms with Crippen molar-refractivity contribution in [2.75, 3.05) is 9.80 Å². The first-order valence-electron chi connectivity index (χ1n) is 19.3. The number of rotatable bonds is 2. The van der Waals surface area contributed by atoms with Crippen LogP contribution in [0.25, 0.3) is 21.5 Å². The highest BCUT2D eigenvalue weighted by Crippen LogP contribution is 2.56. The number of nitrogens with zero attached hydrogens (tertiary/aromatic N) is 2. The second-order valence-corrected chi connectivity index (χ2v) is 16.0. The Labute approximate surface area is 318 Å². The quantitative estimate of drug-likeness (QED) is 0.168. The third-order valence-electron chi connectivity index (χ3n) is 12.6. The molecule has 0 saturated heterocycles. The van der Waals surface area contributed by atoms with Crippen LogP contribution in [0.1, 0.15) is 33.4 Å². The summed E-state index contributed by atoms with van der Waals surface area (Å²) in [6.07, 6.45) is 0. The summed E-state index contributed by atoms with van der Waals surface area (Å²) in [7, 11) is 0. The van der Waals surface area contributed by atoms with Gasteiger partial charge < -0.3 is 9.80 Å². The number of para-hydroxylation sites is 2. The first-order valence-corrected chi connectivity index (χ1v) is 19.3. The van der Waals surface area contributed by atoms with Crippen LogP contribution in [0, 0.1) is 41.5 Å². The summed E-state index contributed by atoms with van der Waals surface area (Å²) >= 11 is 0. The summed E-state index contributed by atoms with van der Waals surface area (Å²) in [4.78, 5) is 5.28. The Balaban J connectivity index is 1.34. The van der Waals surface area contributed by atoms with Crippen LogP contribution in [0.5, 0.6) is 0 Å². The van der Waals surface area contributed by atoms with Gasteiger partial charge >= 0.3 is 0 Å². The smallest absolute Gasteiger partial charge is 0.248 e. The van der Waals surface area contributed by atoms with Crippen molar-refractivity contribution in [2.45, 2.75) is 41.5 Å². The number of benzene rings is 8. The summed E-state index contributed by atoms with van der Waals surface area (Å²) in [5, 5.41) is 5.18. The molecule has 256 valence electrons. The molecule has 0 fully saturated rings. The molecule has 0 saturated carbocycles. The van der Waals surface area contributed by atoms with Gasteiger partial charge in [0.1, 0.15) is 0 Å². The van der Waals surface area contributed by atoms with Crippen LogP contribution in [0.4, 0.5) is 34.1 Å². The van der Waals surface area contributed by atoms with Crippen LogP contribution >= 0.6 is 0 Å². The van der Waals surface area contributed by atoms with E-state index in [0.717, 1.165) is 0 Å². The van der Waals surface area contributed by atoms with E-state index in [1.54, 1.807) is 0 Å². The normalized spacial score (nSPS) is 13.6. The molecule has 54 heavy (non-hydrogen) atoms. The zero-order chi connectivity index (χ0) is 36.6. The third kappa shape index (κ3) is 4.14. The molecule has 0 N–H and O–H groups in total. The minimum atomic E-state index is 0.0741. The van der Waals surface area contributed by atoms with Crippen molar-refractivity contribution < 1.29 is 0 Å². The standard InChI is InChI=1S/C50H40B2N2/c1-29-23-31(3)45(32(4)24-29)51-39-19-11-13-21-41(39)53-44-28-36-16-8-10-18-38(36)48-50(44)54(43-27-35-15-7-9-17-37(35)47(51)49(43)53)42-22-14-12-20-40(42)52(48)46-33(5)25-30(2)26-34(46)6/h7-28H,1-6H3. The molecule has 3 aliphatic heterocycles. The molecule has 0 atom stereocenters. The molecular formula is C50H40B2N2. The summed E-state index contributed by atoms with van der Waals surface area (Å²) < 4.78 is 0. The SMILES string of the molecule is Cc1cc(C)c(B2c3ccccc3N3c4cc5ccccc5c5c4N(c4ccccc4B5c4c(C)cc(C)cc4C)c4cc5ccccc5c2c43)c(C)c1. The van der Waals surface area contributed by atoms with Crippen LogP contribution < -0.4 is 42.6 Å². The van der Waals surface area contributed by atoms with Crippen molar-refractivity contribution in [1.82, 2.24) is 0 Å². The summed E-state index contributed by atoms with van der Waals surface area (Å²) in [6.45, 7) is 13.8. The zero-order valence-electron chi connectivity index (χ0n) is 31.8. The summed E-state index contributed by atoms with van der Waals surface area (Å²) in [5.41, 5.74) is 24.0. The fourth-order valence-corrected chi connectivity index (χ4v) is 10.9. The van der Waals surface area contributed by atoms with Gasteiger partial charge in [0.25, 0.3) is 0 Å². The molecule has 11 rings (SSSR count). The minimum Gasteiger partial charge on any atom is -0.307 e. The molecule has 0 amide bonds. The lowest BCUT2D eigenvalue weighted by Gasteiger charge is -2.49. The maximum Gasteiger partial charge on any atom is 0.248 e. The molecule has 0 radical (unpaired) electrons. The molecule has 2 nitrogen and oxygen atoms in total. The molecule has 8 aromatic rings. The number of anilines is 6. The second-order valence-electron chi connectivity index (χ2n) is 16.0. The van der Waals surface area contributed by atoms with Crippen LogP contribution in [-0.4, -0.2) is 13.4 Å². The van der Waals surface area contributed by atoms with Crippen LogP contribution in [0.3, 0.4) is 0 Å². The Morgan fingerprint density at radius 1 is 0.352 bits per heavy atom. The highest BCUT2D eigenvalue weighted by molar-refractivity contribution is 7.01. The Hall–Kier alpha value is -5.99. The molecule has 0 unspecified atom stereocenters. The van der Waals surface area contributed by atoms with Crippen LogP contribution in [-0.2, 0) is 0 Å². The summed E-state index contributed by atoms with van der Waals surface area (Å²) in [5.74, 6) is 0. The Morgan fingerprint density at radius 3 is 1.11 bits per heavy atom. The van der Waals surface area contributed by atoms with Gasteiger partial charge in [-0.2, -0.15) is 0 Å². The monoisotopic (exact) mass is 690 g/mol. The van der Waals surface area contributed by atoms with E-state index in [2.05, 4.69) is 185 Å². The van der Waals surface area contributed by atoms with Crippen molar-refractivity contribution in [3.63, 3.8) is 0 Å². The van der Waals surface area contributed by atoms with Crippen molar-refractivity contribution in [1.29, 1.82) is 0 Å². The molecule has 4 heteroatoms. The maximum atomic E-state index is 2.64. The van der Waals surface area contributed by atoms with Gasteiger partial charge in [-0.1, -0.05) is 154 Å². The van der Waals surface area contributed by atoms with E-state index < -0.39 is 0 Å². The number of fused-ring (bicyclic) bond motifs is 10. The highest BCUT2D eigenvalue weighted by Gasteiger charge is 2.48. The van der Waals surface area contributed by atoms with Gasteiger partial charge in [0.2, 0.25) is 13.4 Å². The van der Waals surface area contributed by atoms with Gasteiger partial charge in [-0.25, -0.2) is 0 Å². The molecule has 0 aliphatic carbocycles. The largest absolute Gasteiger partial charge is 0.307 e. The Kier molecular flexibility index (Phi) is 6.57. The van der Waals surface area contributed by atoms with Crippen molar-refractivity contribution in [2.24, 2.45) is 0 Å². The van der Waals surface area contributed by atoms with E-state index in [1.165, 1.54) is 122 Å². The maximum absolute atomic E-state index is 2.64. The van der Waals surface area contributed by atoms with Gasteiger partial charge in [0.05, 0.1) is 22.7 Å². The molecule has 8 aromatic carbocycles. The van der Waals surface area contributed by atoms with Crippen molar-refractivity contribution in [3.8, 4) is 0 Å². The fourth-order valence-electron chi connectivity index (χ4n) is 10.9. The second kappa shape index (κ2) is 11.3. The predicted octanol–water partition coefficient (Wildman–Crippen LogP) is 8.76. The Morgan fingerprint density at radius 2 is 0.704 bits per heavy atom.